The molecule has 1 nitrogen and oxygen atoms in total. The van der Waals surface area contributed by atoms with Gasteiger partial charge in [0.25, 0.3) is 0 Å². The van der Waals surface area contributed by atoms with Crippen LogP contribution in [0.1, 0.15) is 31.2 Å². The Morgan fingerprint density at radius 2 is 1.52 bits per heavy atom. The largest absolute Gasteiger partial charge is 0.303 e. The molecule has 0 saturated heterocycles. The van der Waals surface area contributed by atoms with Crippen LogP contribution in [0.25, 0.3) is 21.5 Å². The fourth-order valence-electron chi connectivity index (χ4n) is 2.97. The van der Waals surface area contributed by atoms with E-state index in [2.05, 4.69) is 54.6 Å². The maximum atomic E-state index is 10.3. The average Bonchev–Trinajstić information content (AvgIpc) is 2.53. The molecular weight excluding hydrogens is 256 g/mol. The van der Waals surface area contributed by atoms with Gasteiger partial charge < -0.3 is 4.79 Å². The summed E-state index contributed by atoms with van der Waals surface area (Å²) < 4.78 is 0. The number of carbonyl (C=O) groups is 1. The highest BCUT2D eigenvalue weighted by Crippen LogP contribution is 2.26. The van der Waals surface area contributed by atoms with Gasteiger partial charge >= 0.3 is 0 Å². The lowest BCUT2D eigenvalue weighted by Gasteiger charge is -2.08. The monoisotopic (exact) mass is 276 g/mol. The first-order chi connectivity index (χ1) is 10.4. The summed E-state index contributed by atoms with van der Waals surface area (Å²) in [6, 6.07) is 19.7. The second kappa shape index (κ2) is 6.53. The number of hydrogen-bond acceptors (Lipinski definition) is 1. The van der Waals surface area contributed by atoms with Crippen LogP contribution >= 0.6 is 0 Å². The molecule has 0 saturated carbocycles. The van der Waals surface area contributed by atoms with E-state index >= 15 is 0 Å². The molecule has 21 heavy (non-hydrogen) atoms. The molecule has 0 heterocycles. The third-order valence-electron chi connectivity index (χ3n) is 4.11. The number of benzene rings is 3. The molecule has 1 heteroatoms. The molecule has 0 N–H and O–H groups in total. The maximum absolute atomic E-state index is 10.3. The summed E-state index contributed by atoms with van der Waals surface area (Å²) in [6.45, 7) is 0. The highest BCUT2D eigenvalue weighted by Gasteiger charge is 2.03. The molecule has 0 unspecified atom stereocenters. The Balaban J connectivity index is 1.88. The summed E-state index contributed by atoms with van der Waals surface area (Å²) in [7, 11) is 0. The molecule has 0 aromatic heterocycles. The van der Waals surface area contributed by atoms with Crippen LogP contribution in [0.15, 0.2) is 54.6 Å². The van der Waals surface area contributed by atoms with E-state index in [4.69, 9.17) is 0 Å². The van der Waals surface area contributed by atoms with Crippen molar-refractivity contribution in [2.24, 2.45) is 0 Å². The molecule has 106 valence electrons. The van der Waals surface area contributed by atoms with Crippen molar-refractivity contribution in [2.75, 3.05) is 0 Å². The van der Waals surface area contributed by atoms with Gasteiger partial charge in [-0.15, -0.1) is 0 Å². The van der Waals surface area contributed by atoms with Crippen LogP contribution in [0.3, 0.4) is 0 Å². The Morgan fingerprint density at radius 3 is 2.33 bits per heavy atom. The zero-order valence-electron chi connectivity index (χ0n) is 12.2. The fourth-order valence-corrected chi connectivity index (χ4v) is 2.97. The van der Waals surface area contributed by atoms with E-state index in [1.165, 1.54) is 27.1 Å². The van der Waals surface area contributed by atoms with E-state index in [0.29, 0.717) is 6.42 Å². The summed E-state index contributed by atoms with van der Waals surface area (Å²) >= 11 is 0. The lowest BCUT2D eigenvalue weighted by atomic mass is 9.96. The summed E-state index contributed by atoms with van der Waals surface area (Å²) in [4.78, 5) is 10.3. The van der Waals surface area contributed by atoms with E-state index in [9.17, 15) is 4.79 Å². The molecule has 3 aromatic carbocycles. The highest BCUT2D eigenvalue weighted by atomic mass is 16.1. The molecule has 0 aliphatic carbocycles. The van der Waals surface area contributed by atoms with Crippen molar-refractivity contribution in [3.63, 3.8) is 0 Å². The normalized spacial score (nSPS) is 11.0. The van der Waals surface area contributed by atoms with E-state index in [0.717, 1.165) is 32.0 Å². The van der Waals surface area contributed by atoms with Crippen molar-refractivity contribution in [3.8, 4) is 0 Å². The molecule has 0 radical (unpaired) electrons. The van der Waals surface area contributed by atoms with Crippen molar-refractivity contribution in [3.05, 3.63) is 60.2 Å². The second-order valence-electron chi connectivity index (χ2n) is 5.60. The number of aldehydes is 1. The van der Waals surface area contributed by atoms with Crippen LogP contribution in [0, 0.1) is 0 Å². The van der Waals surface area contributed by atoms with E-state index in [1.54, 1.807) is 0 Å². The first kappa shape index (κ1) is 13.8. The average molecular weight is 276 g/mol. The van der Waals surface area contributed by atoms with E-state index in [1.807, 2.05) is 0 Å². The van der Waals surface area contributed by atoms with Crippen molar-refractivity contribution in [1.29, 1.82) is 0 Å². The van der Waals surface area contributed by atoms with Crippen molar-refractivity contribution < 1.29 is 4.79 Å². The Labute approximate surface area is 125 Å². The SMILES string of the molecule is O=CCCCCCc1cccc2cc3ccccc3cc12. The van der Waals surface area contributed by atoms with Gasteiger partial charge in [-0.3, -0.25) is 0 Å². The second-order valence-corrected chi connectivity index (χ2v) is 5.60. The van der Waals surface area contributed by atoms with E-state index < -0.39 is 0 Å². The summed E-state index contributed by atoms with van der Waals surface area (Å²) in [6.07, 6.45) is 6.10. The van der Waals surface area contributed by atoms with Gasteiger partial charge in [0.15, 0.2) is 0 Å². The van der Waals surface area contributed by atoms with E-state index in [-0.39, 0.29) is 0 Å². The number of rotatable bonds is 6. The zero-order valence-corrected chi connectivity index (χ0v) is 12.2. The molecule has 0 amide bonds. The van der Waals surface area contributed by atoms with Gasteiger partial charge in [0.1, 0.15) is 6.29 Å². The Morgan fingerprint density at radius 1 is 0.762 bits per heavy atom. The van der Waals surface area contributed by atoms with Gasteiger partial charge in [-0.05, 0) is 58.5 Å². The fraction of sp³-hybridized carbons (Fsp3) is 0.250. The van der Waals surface area contributed by atoms with Crippen LogP contribution in [-0.2, 0) is 11.2 Å². The minimum atomic E-state index is 0.695. The Kier molecular flexibility index (Phi) is 4.30. The Hall–Kier alpha value is -2.15. The third-order valence-corrected chi connectivity index (χ3v) is 4.11. The molecule has 0 bridgehead atoms. The van der Waals surface area contributed by atoms with Crippen LogP contribution in [0.4, 0.5) is 0 Å². The van der Waals surface area contributed by atoms with Gasteiger partial charge in [-0.2, -0.15) is 0 Å². The van der Waals surface area contributed by atoms with Crippen LogP contribution in [0.2, 0.25) is 0 Å². The van der Waals surface area contributed by atoms with Gasteiger partial charge in [0.05, 0.1) is 0 Å². The van der Waals surface area contributed by atoms with Crippen molar-refractivity contribution >= 4 is 27.8 Å². The minimum absolute atomic E-state index is 0.695. The van der Waals surface area contributed by atoms with Crippen LogP contribution in [-0.4, -0.2) is 6.29 Å². The molecule has 0 aliphatic rings. The molecule has 3 aromatic rings. The van der Waals surface area contributed by atoms with Gasteiger partial charge in [0.2, 0.25) is 0 Å². The van der Waals surface area contributed by atoms with Crippen LogP contribution < -0.4 is 0 Å². The lowest BCUT2D eigenvalue weighted by Crippen LogP contribution is -1.89. The Bertz CT molecular complexity index is 758. The highest BCUT2D eigenvalue weighted by molar-refractivity contribution is 5.99. The van der Waals surface area contributed by atoms with Gasteiger partial charge in [0, 0.05) is 6.42 Å². The molecule has 3 rings (SSSR count). The first-order valence-corrected chi connectivity index (χ1v) is 7.72. The van der Waals surface area contributed by atoms with Gasteiger partial charge in [-0.25, -0.2) is 0 Å². The molecule has 0 fully saturated rings. The number of unbranched alkanes of at least 4 members (excludes halogenated alkanes) is 3. The lowest BCUT2D eigenvalue weighted by molar-refractivity contribution is -0.107. The number of carbonyl (C=O) groups excluding carboxylic acids is 1. The quantitative estimate of drug-likeness (QED) is 0.339. The first-order valence-electron chi connectivity index (χ1n) is 7.72. The van der Waals surface area contributed by atoms with Gasteiger partial charge in [-0.1, -0.05) is 48.9 Å². The predicted octanol–water partition coefficient (Wildman–Crippen LogP) is 5.29. The number of aryl methyl sites for hydroxylation is 1. The smallest absolute Gasteiger partial charge is 0.119 e. The number of hydrogen-bond donors (Lipinski definition) is 0. The number of fused-ring (bicyclic) bond motifs is 2. The molecule has 0 spiro atoms. The summed E-state index contributed by atoms with van der Waals surface area (Å²) in [5.41, 5.74) is 1.42. The van der Waals surface area contributed by atoms with Crippen molar-refractivity contribution in [1.82, 2.24) is 0 Å². The molecule has 0 aliphatic heterocycles. The van der Waals surface area contributed by atoms with Crippen LogP contribution in [0.5, 0.6) is 0 Å². The topological polar surface area (TPSA) is 17.1 Å². The zero-order chi connectivity index (χ0) is 14.5. The summed E-state index contributed by atoms with van der Waals surface area (Å²) in [5, 5.41) is 5.29. The molecule has 0 atom stereocenters. The summed E-state index contributed by atoms with van der Waals surface area (Å²) in [5.74, 6) is 0. The third kappa shape index (κ3) is 3.13. The molecular formula is C20H20O. The standard InChI is InChI=1S/C20H20O/c21-13-6-2-1-3-8-16-11-7-12-19-14-17-9-4-5-10-18(17)15-20(16)19/h4-5,7,9-15H,1-3,6,8H2. The minimum Gasteiger partial charge on any atom is -0.303 e. The van der Waals surface area contributed by atoms with Crippen molar-refractivity contribution in [2.45, 2.75) is 32.1 Å². The maximum Gasteiger partial charge on any atom is 0.119 e. The predicted molar refractivity (Wildman–Crippen MR) is 89.7 cm³/mol.